The predicted molar refractivity (Wildman–Crippen MR) is 77.9 cm³/mol. The number of likely N-dealkylation sites (tertiary alicyclic amines) is 1. The Bertz CT molecular complexity index is 282. The monoisotopic (exact) mass is 270 g/mol. The highest BCUT2D eigenvalue weighted by Gasteiger charge is 2.31. The number of carbonyl (C=O) groups is 1. The van der Waals surface area contributed by atoms with Crippen LogP contribution in [0.4, 0.5) is 0 Å². The highest BCUT2D eigenvalue weighted by molar-refractivity contribution is 7.99. The summed E-state index contributed by atoms with van der Waals surface area (Å²) < 4.78 is 0. The van der Waals surface area contributed by atoms with Gasteiger partial charge in [0.1, 0.15) is 0 Å². The Morgan fingerprint density at radius 3 is 2.50 bits per heavy atom. The molecule has 0 bridgehead atoms. The molecule has 0 aromatic carbocycles. The molecule has 0 unspecified atom stereocenters. The van der Waals surface area contributed by atoms with Crippen molar-refractivity contribution in [2.75, 3.05) is 31.6 Å². The van der Waals surface area contributed by atoms with Gasteiger partial charge in [0.15, 0.2) is 0 Å². The van der Waals surface area contributed by atoms with Gasteiger partial charge in [0.2, 0.25) is 5.91 Å². The lowest BCUT2D eigenvalue weighted by Gasteiger charge is -2.39. The van der Waals surface area contributed by atoms with Crippen molar-refractivity contribution in [3.63, 3.8) is 0 Å². The highest BCUT2D eigenvalue weighted by atomic mass is 32.2. The maximum Gasteiger partial charge on any atom is 0.222 e. The van der Waals surface area contributed by atoms with E-state index in [9.17, 15) is 4.79 Å². The Morgan fingerprint density at radius 1 is 1.33 bits per heavy atom. The number of carbonyl (C=O) groups excluding carboxylic acids is 1. The molecule has 2 rings (SSSR count). The van der Waals surface area contributed by atoms with Gasteiger partial charge in [-0.25, -0.2) is 0 Å². The number of hydrogen-bond acceptors (Lipinski definition) is 3. The number of hydrogen-bond donors (Lipinski definition) is 1. The van der Waals surface area contributed by atoms with E-state index in [1.54, 1.807) is 0 Å². The lowest BCUT2D eigenvalue weighted by molar-refractivity contribution is -0.133. The second-order valence-corrected chi connectivity index (χ2v) is 7.18. The van der Waals surface area contributed by atoms with E-state index in [-0.39, 0.29) is 5.54 Å². The third-order valence-electron chi connectivity index (χ3n) is 4.63. The maximum absolute atomic E-state index is 12.3. The van der Waals surface area contributed by atoms with Crippen molar-refractivity contribution >= 4 is 17.7 Å². The van der Waals surface area contributed by atoms with Crippen molar-refractivity contribution in [1.29, 1.82) is 0 Å². The number of piperidine rings is 1. The molecule has 0 saturated carbocycles. The van der Waals surface area contributed by atoms with Crippen molar-refractivity contribution in [2.24, 2.45) is 5.92 Å². The molecule has 18 heavy (non-hydrogen) atoms. The summed E-state index contributed by atoms with van der Waals surface area (Å²) in [4.78, 5) is 14.3. The quantitative estimate of drug-likeness (QED) is 0.852. The first-order valence-electron chi connectivity index (χ1n) is 7.17. The van der Waals surface area contributed by atoms with E-state index < -0.39 is 0 Å². The van der Waals surface area contributed by atoms with Gasteiger partial charge in [0.25, 0.3) is 0 Å². The van der Waals surface area contributed by atoms with E-state index >= 15 is 0 Å². The number of thioether (sulfide) groups is 1. The number of nitrogens with one attached hydrogen (secondary N) is 1. The molecule has 0 aromatic heterocycles. The molecule has 104 valence electrons. The Morgan fingerprint density at radius 2 is 1.94 bits per heavy atom. The molecule has 0 atom stereocenters. The van der Waals surface area contributed by atoms with Crippen LogP contribution in [0.5, 0.6) is 0 Å². The number of rotatable bonds is 3. The highest BCUT2D eigenvalue weighted by Crippen LogP contribution is 2.27. The van der Waals surface area contributed by atoms with E-state index in [4.69, 9.17) is 0 Å². The Kier molecular flexibility index (Phi) is 4.96. The zero-order valence-electron chi connectivity index (χ0n) is 11.7. The van der Waals surface area contributed by atoms with E-state index in [0.717, 1.165) is 32.4 Å². The molecule has 2 fully saturated rings. The fourth-order valence-electron chi connectivity index (χ4n) is 2.83. The van der Waals surface area contributed by atoms with Crippen LogP contribution < -0.4 is 5.32 Å². The maximum atomic E-state index is 12.3. The Labute approximate surface area is 115 Å². The third-order valence-corrected chi connectivity index (χ3v) is 5.68. The van der Waals surface area contributed by atoms with Gasteiger partial charge in [-0.1, -0.05) is 0 Å². The first-order valence-corrected chi connectivity index (χ1v) is 8.33. The van der Waals surface area contributed by atoms with Gasteiger partial charge in [-0.2, -0.15) is 11.8 Å². The normalized spacial score (nSPS) is 25.1. The van der Waals surface area contributed by atoms with Crippen LogP contribution in [-0.2, 0) is 4.79 Å². The lowest BCUT2D eigenvalue weighted by atomic mass is 9.89. The Hall–Kier alpha value is -0.220. The number of nitrogens with zero attached hydrogens (tertiary/aromatic N) is 1. The second kappa shape index (κ2) is 6.29. The van der Waals surface area contributed by atoms with E-state index in [1.807, 2.05) is 18.8 Å². The SMILES string of the molecule is CNC1(C)CCN(C(=O)CC2CCSCC2)CC1. The standard InChI is InChI=1S/C14H26N2OS/c1-14(15-2)5-7-16(8-6-14)13(17)11-12-3-9-18-10-4-12/h12,15H,3-11H2,1-2H3. The van der Waals surface area contributed by atoms with Gasteiger partial charge in [-0.15, -0.1) is 0 Å². The first kappa shape index (κ1) is 14.2. The summed E-state index contributed by atoms with van der Waals surface area (Å²) in [6, 6.07) is 0. The molecule has 0 aliphatic carbocycles. The van der Waals surface area contributed by atoms with E-state index in [0.29, 0.717) is 11.8 Å². The molecule has 2 aliphatic rings. The molecule has 1 amide bonds. The fraction of sp³-hybridized carbons (Fsp3) is 0.929. The second-order valence-electron chi connectivity index (χ2n) is 5.95. The molecule has 2 saturated heterocycles. The summed E-state index contributed by atoms with van der Waals surface area (Å²) in [6.45, 7) is 4.11. The summed E-state index contributed by atoms with van der Waals surface area (Å²) in [7, 11) is 2.02. The van der Waals surface area contributed by atoms with Crippen LogP contribution in [0.25, 0.3) is 0 Å². The van der Waals surface area contributed by atoms with Gasteiger partial charge in [-0.05, 0) is 57.1 Å². The minimum atomic E-state index is 0.234. The van der Waals surface area contributed by atoms with Crippen LogP contribution in [0.2, 0.25) is 0 Å². The molecule has 2 heterocycles. The van der Waals surface area contributed by atoms with Crippen molar-refractivity contribution in [3.05, 3.63) is 0 Å². The van der Waals surface area contributed by atoms with Gasteiger partial charge >= 0.3 is 0 Å². The first-order chi connectivity index (χ1) is 8.63. The van der Waals surface area contributed by atoms with E-state index in [1.165, 1.54) is 24.3 Å². The van der Waals surface area contributed by atoms with Crippen LogP contribution in [0.1, 0.15) is 39.0 Å². The minimum absolute atomic E-state index is 0.234. The van der Waals surface area contributed by atoms with Crippen molar-refractivity contribution in [1.82, 2.24) is 10.2 Å². The summed E-state index contributed by atoms with van der Waals surface area (Å²) >= 11 is 2.03. The van der Waals surface area contributed by atoms with E-state index in [2.05, 4.69) is 17.1 Å². The Balaban J connectivity index is 1.76. The molecular formula is C14H26N2OS. The zero-order valence-corrected chi connectivity index (χ0v) is 12.5. The third kappa shape index (κ3) is 3.64. The van der Waals surface area contributed by atoms with Crippen LogP contribution >= 0.6 is 11.8 Å². The summed E-state index contributed by atoms with van der Waals surface area (Å²) in [5.74, 6) is 3.53. The molecule has 0 aromatic rings. The largest absolute Gasteiger partial charge is 0.343 e. The van der Waals surface area contributed by atoms with Gasteiger partial charge in [0, 0.05) is 25.0 Å². The molecule has 4 heteroatoms. The van der Waals surface area contributed by atoms with Crippen molar-refractivity contribution in [2.45, 2.75) is 44.6 Å². The van der Waals surface area contributed by atoms with Crippen molar-refractivity contribution < 1.29 is 4.79 Å². The molecule has 3 nitrogen and oxygen atoms in total. The predicted octanol–water partition coefficient (Wildman–Crippen LogP) is 2.12. The fourth-order valence-corrected chi connectivity index (χ4v) is 4.03. The molecule has 2 aliphatic heterocycles. The molecule has 0 spiro atoms. The summed E-state index contributed by atoms with van der Waals surface area (Å²) in [5.41, 5.74) is 0.234. The number of amides is 1. The van der Waals surface area contributed by atoms with Crippen LogP contribution in [0.15, 0.2) is 0 Å². The lowest BCUT2D eigenvalue weighted by Crippen LogP contribution is -2.51. The van der Waals surface area contributed by atoms with Crippen LogP contribution in [-0.4, -0.2) is 48.0 Å². The van der Waals surface area contributed by atoms with Gasteiger partial charge < -0.3 is 10.2 Å². The summed E-state index contributed by atoms with van der Waals surface area (Å²) in [6.07, 6.45) is 5.42. The van der Waals surface area contributed by atoms with Gasteiger partial charge in [-0.3, -0.25) is 4.79 Å². The van der Waals surface area contributed by atoms with Crippen LogP contribution in [0.3, 0.4) is 0 Å². The summed E-state index contributed by atoms with van der Waals surface area (Å²) in [5, 5.41) is 3.38. The average molecular weight is 270 g/mol. The topological polar surface area (TPSA) is 32.3 Å². The zero-order chi connectivity index (χ0) is 13.0. The van der Waals surface area contributed by atoms with Gasteiger partial charge in [0.05, 0.1) is 0 Å². The van der Waals surface area contributed by atoms with Crippen molar-refractivity contribution in [3.8, 4) is 0 Å². The average Bonchev–Trinajstić information content (AvgIpc) is 2.40. The molecule has 0 radical (unpaired) electrons. The molecular weight excluding hydrogens is 244 g/mol. The molecule has 1 N–H and O–H groups in total. The van der Waals surface area contributed by atoms with Crippen LogP contribution in [0, 0.1) is 5.92 Å². The smallest absolute Gasteiger partial charge is 0.222 e. The minimum Gasteiger partial charge on any atom is -0.343 e.